The molecule has 1 unspecified atom stereocenters. The zero-order valence-electron chi connectivity index (χ0n) is 13.0. The first-order valence-corrected chi connectivity index (χ1v) is 7.28. The van der Waals surface area contributed by atoms with Crippen molar-refractivity contribution in [2.45, 2.75) is 66.7 Å². The Morgan fingerprint density at radius 3 is 2.26 bits per heavy atom. The van der Waals surface area contributed by atoms with Crippen molar-refractivity contribution < 1.29 is 14.3 Å². The fourth-order valence-corrected chi connectivity index (χ4v) is 1.98. The van der Waals surface area contributed by atoms with Crippen molar-refractivity contribution in [2.75, 3.05) is 0 Å². The smallest absolute Gasteiger partial charge is 0.317 e. The summed E-state index contributed by atoms with van der Waals surface area (Å²) in [5, 5.41) is 0. The van der Waals surface area contributed by atoms with Crippen LogP contribution in [0.25, 0.3) is 0 Å². The van der Waals surface area contributed by atoms with Crippen LogP contribution in [0, 0.1) is 11.3 Å². The summed E-state index contributed by atoms with van der Waals surface area (Å²) in [4.78, 5) is 22.0. The summed E-state index contributed by atoms with van der Waals surface area (Å²) in [6.45, 7) is 10.7. The van der Waals surface area contributed by atoms with Crippen LogP contribution >= 0.6 is 0 Å². The highest BCUT2D eigenvalue weighted by atomic mass is 16.6. The Labute approximate surface area is 117 Å². The fraction of sp³-hybridized carbons (Fsp3) is 0.750. The number of cyclic esters (lactones) is 2. The van der Waals surface area contributed by atoms with Gasteiger partial charge in [-0.1, -0.05) is 59.6 Å². The molecule has 0 spiro atoms. The van der Waals surface area contributed by atoms with Crippen molar-refractivity contribution in [3.8, 4) is 0 Å². The van der Waals surface area contributed by atoms with Gasteiger partial charge in [0.2, 0.25) is 0 Å². The van der Waals surface area contributed by atoms with E-state index < -0.39 is 5.97 Å². The van der Waals surface area contributed by atoms with Crippen LogP contribution in [-0.2, 0) is 14.3 Å². The largest absolute Gasteiger partial charge is 0.393 e. The molecule has 0 aromatic heterocycles. The second-order valence-electron chi connectivity index (χ2n) is 5.78. The number of hydrogen-bond donors (Lipinski definition) is 0. The average molecular weight is 268 g/mol. The van der Waals surface area contributed by atoms with E-state index in [1.54, 1.807) is 0 Å². The van der Waals surface area contributed by atoms with Crippen LogP contribution in [0.2, 0.25) is 0 Å². The lowest BCUT2D eigenvalue weighted by Crippen LogP contribution is -2.08. The molecular weight excluding hydrogens is 240 g/mol. The van der Waals surface area contributed by atoms with E-state index in [0.717, 1.165) is 12.8 Å². The lowest BCUT2D eigenvalue weighted by atomic mass is 9.87. The van der Waals surface area contributed by atoms with Crippen LogP contribution in [-0.4, -0.2) is 11.9 Å². The van der Waals surface area contributed by atoms with Gasteiger partial charge in [0.05, 0.1) is 12.3 Å². The van der Waals surface area contributed by atoms with Gasteiger partial charge in [-0.2, -0.15) is 0 Å². The highest BCUT2D eigenvalue weighted by Crippen LogP contribution is 2.26. The number of carbonyl (C=O) groups excluding carboxylic acids is 2. The first kappa shape index (κ1) is 17.9. The first-order chi connectivity index (χ1) is 8.86. The summed E-state index contributed by atoms with van der Waals surface area (Å²) in [5.41, 5.74) is 0.168. The van der Waals surface area contributed by atoms with Crippen LogP contribution < -0.4 is 0 Å². The van der Waals surface area contributed by atoms with Crippen LogP contribution in [0.4, 0.5) is 0 Å². The van der Waals surface area contributed by atoms with E-state index >= 15 is 0 Å². The molecule has 19 heavy (non-hydrogen) atoms. The maximum absolute atomic E-state index is 11.2. The van der Waals surface area contributed by atoms with Crippen LogP contribution in [0.1, 0.15) is 66.7 Å². The van der Waals surface area contributed by atoms with E-state index in [1.807, 2.05) is 6.08 Å². The molecule has 0 aromatic carbocycles. The van der Waals surface area contributed by atoms with Crippen LogP contribution in [0.5, 0.6) is 0 Å². The summed E-state index contributed by atoms with van der Waals surface area (Å²) in [7, 11) is 0. The molecule has 0 saturated carbocycles. The molecule has 1 rings (SSSR count). The van der Waals surface area contributed by atoms with Gasteiger partial charge in [-0.3, -0.25) is 9.59 Å². The van der Waals surface area contributed by atoms with Crippen molar-refractivity contribution in [3.05, 3.63) is 12.2 Å². The standard InChI is InChI=1S/C13H20O3.C3H8/c1-4-7-13(2,3)8-5-6-10-9-11(14)16-12(10)15;1-3-2/h5,8,10H,4,6-7,9H2,1-3H3;3H2,1-2H3/b8-5+;. The molecule has 3 heteroatoms. The normalized spacial score (nSPS) is 19.3. The van der Waals surface area contributed by atoms with Gasteiger partial charge in [0.25, 0.3) is 0 Å². The number of esters is 2. The van der Waals surface area contributed by atoms with E-state index in [0.29, 0.717) is 6.42 Å². The second kappa shape index (κ2) is 8.89. The summed E-state index contributed by atoms with van der Waals surface area (Å²) < 4.78 is 4.49. The zero-order valence-corrected chi connectivity index (χ0v) is 13.0. The Kier molecular flexibility index (Phi) is 8.37. The van der Waals surface area contributed by atoms with Gasteiger partial charge in [-0.15, -0.1) is 0 Å². The Hall–Kier alpha value is -1.12. The number of rotatable bonds is 5. The SMILES string of the molecule is CCC.CCCC(C)(C)/C=C/CC1CC(=O)OC1=O. The van der Waals surface area contributed by atoms with Crippen LogP contribution in [0.15, 0.2) is 12.2 Å². The van der Waals surface area contributed by atoms with E-state index in [2.05, 4.69) is 45.4 Å². The minimum atomic E-state index is -0.392. The lowest BCUT2D eigenvalue weighted by molar-refractivity contribution is -0.153. The van der Waals surface area contributed by atoms with E-state index in [-0.39, 0.29) is 23.7 Å². The van der Waals surface area contributed by atoms with Crippen molar-refractivity contribution >= 4 is 11.9 Å². The Bertz CT molecular complexity index is 316. The molecule has 0 amide bonds. The van der Waals surface area contributed by atoms with E-state index in [1.165, 1.54) is 6.42 Å². The average Bonchev–Trinajstić information content (AvgIpc) is 2.58. The number of allylic oxidation sites excluding steroid dienone is 2. The Balaban J connectivity index is 0.000000982. The van der Waals surface area contributed by atoms with Gasteiger partial charge >= 0.3 is 11.9 Å². The van der Waals surface area contributed by atoms with E-state index in [4.69, 9.17) is 0 Å². The van der Waals surface area contributed by atoms with E-state index in [9.17, 15) is 9.59 Å². The molecule has 0 N–H and O–H groups in total. The monoisotopic (exact) mass is 268 g/mol. The highest BCUT2D eigenvalue weighted by molar-refractivity contribution is 5.94. The summed E-state index contributed by atoms with van der Waals surface area (Å²) >= 11 is 0. The minimum absolute atomic E-state index is 0.168. The third-order valence-electron chi connectivity index (χ3n) is 2.84. The molecule has 0 aromatic rings. The molecule has 1 fully saturated rings. The maximum Gasteiger partial charge on any atom is 0.317 e. The van der Waals surface area contributed by atoms with Crippen molar-refractivity contribution in [3.63, 3.8) is 0 Å². The predicted molar refractivity (Wildman–Crippen MR) is 77.6 cm³/mol. The number of carbonyl (C=O) groups is 2. The summed E-state index contributed by atoms with van der Waals surface area (Å²) in [6, 6.07) is 0. The lowest BCUT2D eigenvalue weighted by Gasteiger charge is -2.18. The third kappa shape index (κ3) is 7.81. The molecule has 1 saturated heterocycles. The molecule has 1 aliphatic heterocycles. The molecule has 110 valence electrons. The predicted octanol–water partition coefficient (Wildman–Crippen LogP) is 4.27. The first-order valence-electron chi connectivity index (χ1n) is 7.28. The highest BCUT2D eigenvalue weighted by Gasteiger charge is 2.32. The quantitative estimate of drug-likeness (QED) is 0.425. The van der Waals surface area contributed by atoms with Crippen molar-refractivity contribution in [1.29, 1.82) is 0 Å². The van der Waals surface area contributed by atoms with Gasteiger partial charge < -0.3 is 4.74 Å². The molecule has 3 nitrogen and oxygen atoms in total. The fourth-order valence-electron chi connectivity index (χ4n) is 1.98. The van der Waals surface area contributed by atoms with Gasteiger partial charge in [0.15, 0.2) is 0 Å². The zero-order chi connectivity index (χ0) is 14.9. The van der Waals surface area contributed by atoms with Crippen molar-refractivity contribution in [2.24, 2.45) is 11.3 Å². The third-order valence-corrected chi connectivity index (χ3v) is 2.84. The Morgan fingerprint density at radius 2 is 1.84 bits per heavy atom. The molecule has 0 bridgehead atoms. The molecule has 0 aliphatic carbocycles. The summed E-state index contributed by atoms with van der Waals surface area (Å²) in [5.74, 6) is -1.03. The molecule has 0 radical (unpaired) electrons. The summed E-state index contributed by atoms with van der Waals surface area (Å²) in [6.07, 6.45) is 8.49. The molecule has 1 aliphatic rings. The number of ether oxygens (including phenoxy) is 1. The van der Waals surface area contributed by atoms with Crippen LogP contribution in [0.3, 0.4) is 0 Å². The minimum Gasteiger partial charge on any atom is -0.393 e. The Morgan fingerprint density at radius 1 is 1.26 bits per heavy atom. The van der Waals surface area contributed by atoms with Gasteiger partial charge in [-0.05, 0) is 18.3 Å². The van der Waals surface area contributed by atoms with Gasteiger partial charge in [-0.25, -0.2) is 0 Å². The number of hydrogen-bond acceptors (Lipinski definition) is 3. The van der Waals surface area contributed by atoms with Gasteiger partial charge in [0.1, 0.15) is 0 Å². The molecule has 1 heterocycles. The molecular formula is C16H28O3. The van der Waals surface area contributed by atoms with Gasteiger partial charge in [0, 0.05) is 0 Å². The topological polar surface area (TPSA) is 43.4 Å². The molecule has 1 atom stereocenters. The maximum atomic E-state index is 11.2. The van der Waals surface area contributed by atoms with Crippen molar-refractivity contribution in [1.82, 2.24) is 0 Å². The second-order valence-corrected chi connectivity index (χ2v) is 5.78.